The summed E-state index contributed by atoms with van der Waals surface area (Å²) in [4.78, 5) is 38.2. The van der Waals surface area contributed by atoms with Gasteiger partial charge in [-0.2, -0.15) is 0 Å². The van der Waals surface area contributed by atoms with Crippen molar-refractivity contribution in [2.45, 2.75) is 26.8 Å². The summed E-state index contributed by atoms with van der Waals surface area (Å²) in [6, 6.07) is 10.5. The van der Waals surface area contributed by atoms with Crippen molar-refractivity contribution < 1.29 is 18.8 Å². The average molecular weight is 414 g/mol. The number of hydrogen-bond donors (Lipinski definition) is 3. The zero-order chi connectivity index (χ0) is 22.3. The molecule has 0 aliphatic carbocycles. The van der Waals surface area contributed by atoms with Gasteiger partial charge >= 0.3 is 0 Å². The summed E-state index contributed by atoms with van der Waals surface area (Å²) in [6.07, 6.45) is 0. The highest BCUT2D eigenvalue weighted by atomic mass is 19.1. The van der Waals surface area contributed by atoms with Gasteiger partial charge in [0.1, 0.15) is 5.82 Å². The van der Waals surface area contributed by atoms with Gasteiger partial charge in [-0.1, -0.05) is 18.2 Å². The van der Waals surface area contributed by atoms with E-state index >= 15 is 0 Å². The van der Waals surface area contributed by atoms with Crippen LogP contribution in [0.5, 0.6) is 0 Å². The quantitative estimate of drug-likeness (QED) is 0.619. The van der Waals surface area contributed by atoms with Crippen molar-refractivity contribution in [3.8, 4) is 0 Å². The number of para-hydroxylation sites is 1. The van der Waals surface area contributed by atoms with Crippen LogP contribution in [-0.4, -0.2) is 48.8 Å². The first-order valence-electron chi connectivity index (χ1n) is 9.57. The largest absolute Gasteiger partial charge is 0.346 e. The molecule has 0 bridgehead atoms. The van der Waals surface area contributed by atoms with Crippen LogP contribution in [0, 0.1) is 19.7 Å². The van der Waals surface area contributed by atoms with E-state index in [1.807, 2.05) is 32.0 Å². The average Bonchev–Trinajstić information content (AvgIpc) is 2.70. The lowest BCUT2D eigenvalue weighted by Crippen LogP contribution is -2.47. The molecule has 8 heteroatoms. The molecule has 0 aliphatic rings. The fourth-order valence-corrected chi connectivity index (χ4v) is 2.81. The maximum atomic E-state index is 12.9. The molecule has 3 N–H and O–H groups in total. The highest BCUT2D eigenvalue weighted by molar-refractivity contribution is 5.96. The zero-order valence-corrected chi connectivity index (χ0v) is 17.6. The Morgan fingerprint density at radius 3 is 2.17 bits per heavy atom. The summed E-state index contributed by atoms with van der Waals surface area (Å²) in [6.45, 7) is 5.22. The van der Waals surface area contributed by atoms with Gasteiger partial charge in [0.25, 0.3) is 0 Å². The Hall–Kier alpha value is -3.26. The van der Waals surface area contributed by atoms with Crippen molar-refractivity contribution in [2.75, 3.05) is 30.8 Å². The van der Waals surface area contributed by atoms with Crippen LogP contribution >= 0.6 is 0 Å². The lowest BCUT2D eigenvalue weighted by Gasteiger charge is -2.23. The zero-order valence-electron chi connectivity index (χ0n) is 17.6. The van der Waals surface area contributed by atoms with Gasteiger partial charge in [0.05, 0.1) is 19.1 Å². The highest BCUT2D eigenvalue weighted by Gasteiger charge is 2.21. The van der Waals surface area contributed by atoms with Crippen molar-refractivity contribution in [1.29, 1.82) is 0 Å². The predicted molar refractivity (Wildman–Crippen MR) is 115 cm³/mol. The number of rotatable bonds is 8. The molecule has 7 nitrogen and oxygen atoms in total. The summed E-state index contributed by atoms with van der Waals surface area (Å²) in [5, 5.41) is 8.03. The van der Waals surface area contributed by atoms with E-state index in [4.69, 9.17) is 0 Å². The molecule has 1 atom stereocenters. The molecule has 0 saturated heterocycles. The van der Waals surface area contributed by atoms with Gasteiger partial charge in [0, 0.05) is 11.4 Å². The molecular weight excluding hydrogens is 387 g/mol. The van der Waals surface area contributed by atoms with Crippen molar-refractivity contribution in [3.63, 3.8) is 0 Å². The first kappa shape index (κ1) is 23.0. The summed E-state index contributed by atoms with van der Waals surface area (Å²) < 4.78 is 12.9. The number of carbonyl (C=O) groups excluding carboxylic acids is 3. The number of anilines is 2. The Morgan fingerprint density at radius 1 is 0.967 bits per heavy atom. The second kappa shape index (κ2) is 10.5. The monoisotopic (exact) mass is 414 g/mol. The fourth-order valence-electron chi connectivity index (χ4n) is 2.81. The minimum absolute atomic E-state index is 0.0411. The number of nitrogens with one attached hydrogen (secondary N) is 3. The topological polar surface area (TPSA) is 90.5 Å². The Balaban J connectivity index is 1.80. The minimum Gasteiger partial charge on any atom is -0.346 e. The highest BCUT2D eigenvalue weighted by Crippen LogP contribution is 2.19. The fraction of sp³-hybridized carbons (Fsp3) is 0.318. The molecule has 0 unspecified atom stereocenters. The van der Waals surface area contributed by atoms with Crippen molar-refractivity contribution >= 4 is 29.1 Å². The van der Waals surface area contributed by atoms with E-state index < -0.39 is 11.9 Å². The number of carbonyl (C=O) groups is 3. The summed E-state index contributed by atoms with van der Waals surface area (Å²) >= 11 is 0. The number of benzene rings is 2. The van der Waals surface area contributed by atoms with E-state index in [-0.39, 0.29) is 30.8 Å². The summed E-state index contributed by atoms with van der Waals surface area (Å²) in [5.41, 5.74) is 3.08. The standard InChI is InChI=1S/C22H27FN4O3/c1-14-6-5-7-15(2)21(14)26-19(28)12-24-22(30)16(3)27(4)13-20(29)25-18-10-8-17(23)9-11-18/h5-11,16H,12-13H2,1-4H3,(H,24,30)(H,25,29)(H,26,28)/t16-/m1/s1. The lowest BCUT2D eigenvalue weighted by atomic mass is 10.1. The van der Waals surface area contributed by atoms with Gasteiger partial charge in [0.2, 0.25) is 17.7 Å². The van der Waals surface area contributed by atoms with Gasteiger partial charge in [-0.3, -0.25) is 19.3 Å². The number of halogens is 1. The Morgan fingerprint density at radius 2 is 1.57 bits per heavy atom. The summed E-state index contributed by atoms with van der Waals surface area (Å²) in [5.74, 6) is -1.43. The third-order valence-electron chi connectivity index (χ3n) is 4.73. The molecule has 2 aromatic rings. The molecule has 0 fully saturated rings. The second-order valence-electron chi connectivity index (χ2n) is 7.18. The number of likely N-dealkylation sites (N-methyl/N-ethyl adjacent to an activating group) is 1. The van der Waals surface area contributed by atoms with Crippen molar-refractivity contribution in [1.82, 2.24) is 10.2 Å². The summed E-state index contributed by atoms with van der Waals surface area (Å²) in [7, 11) is 1.63. The van der Waals surface area contributed by atoms with Crippen LogP contribution < -0.4 is 16.0 Å². The van der Waals surface area contributed by atoms with E-state index in [0.29, 0.717) is 5.69 Å². The molecule has 0 aromatic heterocycles. The molecule has 2 rings (SSSR count). The predicted octanol–water partition coefficient (Wildman–Crippen LogP) is 2.46. The first-order valence-corrected chi connectivity index (χ1v) is 9.57. The molecule has 0 heterocycles. The van der Waals surface area contributed by atoms with Crippen LogP contribution in [0.25, 0.3) is 0 Å². The third-order valence-corrected chi connectivity index (χ3v) is 4.73. The Kier molecular flexibility index (Phi) is 8.06. The van der Waals surface area contributed by atoms with E-state index in [0.717, 1.165) is 16.8 Å². The van der Waals surface area contributed by atoms with Crippen LogP contribution in [-0.2, 0) is 14.4 Å². The number of aryl methyl sites for hydroxylation is 2. The Labute approximate surface area is 175 Å². The molecule has 30 heavy (non-hydrogen) atoms. The van der Waals surface area contributed by atoms with Gasteiger partial charge in [-0.15, -0.1) is 0 Å². The maximum absolute atomic E-state index is 12.9. The molecule has 3 amide bonds. The van der Waals surface area contributed by atoms with Gasteiger partial charge in [-0.05, 0) is 63.2 Å². The number of nitrogens with zero attached hydrogens (tertiary/aromatic N) is 1. The molecule has 0 spiro atoms. The van der Waals surface area contributed by atoms with Crippen LogP contribution in [0.1, 0.15) is 18.1 Å². The molecule has 0 saturated carbocycles. The van der Waals surface area contributed by atoms with E-state index in [1.54, 1.807) is 18.9 Å². The van der Waals surface area contributed by atoms with Crippen LogP contribution in [0.4, 0.5) is 15.8 Å². The number of amides is 3. The second-order valence-corrected chi connectivity index (χ2v) is 7.18. The van der Waals surface area contributed by atoms with Crippen molar-refractivity contribution in [3.05, 3.63) is 59.4 Å². The van der Waals surface area contributed by atoms with E-state index in [9.17, 15) is 18.8 Å². The van der Waals surface area contributed by atoms with Crippen LogP contribution in [0.15, 0.2) is 42.5 Å². The van der Waals surface area contributed by atoms with Gasteiger partial charge in [-0.25, -0.2) is 4.39 Å². The first-order chi connectivity index (χ1) is 14.2. The minimum atomic E-state index is -0.628. The molecule has 2 aromatic carbocycles. The molecular formula is C22H27FN4O3. The van der Waals surface area contributed by atoms with Crippen LogP contribution in [0.3, 0.4) is 0 Å². The third kappa shape index (κ3) is 6.66. The van der Waals surface area contributed by atoms with Gasteiger partial charge in [0.15, 0.2) is 0 Å². The van der Waals surface area contributed by atoms with Crippen LogP contribution in [0.2, 0.25) is 0 Å². The van der Waals surface area contributed by atoms with E-state index in [1.165, 1.54) is 24.3 Å². The van der Waals surface area contributed by atoms with Crippen molar-refractivity contribution in [2.24, 2.45) is 0 Å². The maximum Gasteiger partial charge on any atom is 0.243 e. The smallest absolute Gasteiger partial charge is 0.243 e. The SMILES string of the molecule is Cc1cccc(C)c1NC(=O)CNC(=O)[C@@H](C)N(C)CC(=O)Nc1ccc(F)cc1. The lowest BCUT2D eigenvalue weighted by molar-refractivity contribution is -0.128. The molecule has 0 aliphatic heterocycles. The number of hydrogen-bond acceptors (Lipinski definition) is 4. The van der Waals surface area contributed by atoms with E-state index in [2.05, 4.69) is 16.0 Å². The Bertz CT molecular complexity index is 895. The molecule has 0 radical (unpaired) electrons. The molecule has 160 valence electrons. The normalized spacial score (nSPS) is 11.7. The van der Waals surface area contributed by atoms with Gasteiger partial charge < -0.3 is 16.0 Å².